The third-order valence-electron chi connectivity index (χ3n) is 4.93. The molecule has 0 spiro atoms. The van der Waals surface area contributed by atoms with Gasteiger partial charge < -0.3 is 9.88 Å². The Morgan fingerprint density at radius 2 is 1.68 bits per heavy atom. The van der Waals surface area contributed by atoms with Gasteiger partial charge in [0.25, 0.3) is 0 Å². The predicted molar refractivity (Wildman–Crippen MR) is 95.0 cm³/mol. The molecule has 0 bridgehead atoms. The molecule has 4 nitrogen and oxygen atoms in total. The Labute approximate surface area is 146 Å². The number of nitrogens with zero attached hydrogens (tertiary/aromatic N) is 1. The second-order valence-electron chi connectivity index (χ2n) is 6.37. The lowest BCUT2D eigenvalue weighted by atomic mass is 10.1. The summed E-state index contributed by atoms with van der Waals surface area (Å²) in [6.07, 6.45) is 1.81. The van der Waals surface area contributed by atoms with Crippen LogP contribution in [0.15, 0.2) is 52.3 Å². The fourth-order valence-corrected chi connectivity index (χ4v) is 4.90. The number of sulfone groups is 1. The van der Waals surface area contributed by atoms with Crippen molar-refractivity contribution in [1.82, 2.24) is 9.88 Å². The summed E-state index contributed by atoms with van der Waals surface area (Å²) in [6, 6.07) is 10.2. The molecule has 0 unspecified atom stereocenters. The van der Waals surface area contributed by atoms with Crippen LogP contribution in [0, 0.1) is 5.82 Å². The molecule has 0 atom stereocenters. The Morgan fingerprint density at radius 3 is 2.44 bits per heavy atom. The molecule has 0 saturated heterocycles. The van der Waals surface area contributed by atoms with Crippen molar-refractivity contribution < 1.29 is 12.8 Å². The SMILES string of the molecule is Cn1c2c(c3cc(S(=O)(=O)c4ccc(F)cc4)ccc31)CCNCC2. The number of hydrogen-bond acceptors (Lipinski definition) is 3. The molecule has 130 valence electrons. The molecule has 2 heterocycles. The van der Waals surface area contributed by atoms with E-state index in [1.165, 1.54) is 35.5 Å². The van der Waals surface area contributed by atoms with Crippen molar-refractivity contribution in [2.24, 2.45) is 7.05 Å². The van der Waals surface area contributed by atoms with Gasteiger partial charge in [-0.25, -0.2) is 12.8 Å². The van der Waals surface area contributed by atoms with Crippen LogP contribution in [0.1, 0.15) is 11.3 Å². The molecule has 0 fully saturated rings. The van der Waals surface area contributed by atoms with E-state index < -0.39 is 15.7 Å². The average Bonchev–Trinajstić information content (AvgIpc) is 2.78. The highest BCUT2D eigenvalue weighted by Gasteiger charge is 2.22. The quantitative estimate of drug-likeness (QED) is 0.717. The molecule has 0 aliphatic carbocycles. The molecule has 0 radical (unpaired) electrons. The summed E-state index contributed by atoms with van der Waals surface area (Å²) in [5, 5.41) is 4.37. The summed E-state index contributed by atoms with van der Waals surface area (Å²) in [4.78, 5) is 0.356. The Morgan fingerprint density at radius 1 is 1.00 bits per heavy atom. The third kappa shape index (κ3) is 2.65. The van der Waals surface area contributed by atoms with Gasteiger partial charge in [0.1, 0.15) is 5.82 Å². The van der Waals surface area contributed by atoms with Crippen LogP contribution in [0.3, 0.4) is 0 Å². The summed E-state index contributed by atoms with van der Waals surface area (Å²) in [5.41, 5.74) is 3.53. The largest absolute Gasteiger partial charge is 0.347 e. The molecule has 4 rings (SSSR count). The number of benzene rings is 2. The highest BCUT2D eigenvalue weighted by Crippen LogP contribution is 2.31. The van der Waals surface area contributed by atoms with E-state index >= 15 is 0 Å². The second-order valence-corrected chi connectivity index (χ2v) is 8.32. The van der Waals surface area contributed by atoms with Crippen molar-refractivity contribution in [3.8, 4) is 0 Å². The molecule has 1 N–H and O–H groups in total. The van der Waals surface area contributed by atoms with Crippen molar-refractivity contribution in [1.29, 1.82) is 0 Å². The number of aromatic nitrogens is 1. The molecule has 6 heteroatoms. The highest BCUT2D eigenvalue weighted by molar-refractivity contribution is 7.91. The van der Waals surface area contributed by atoms with E-state index in [1.807, 2.05) is 13.1 Å². The van der Waals surface area contributed by atoms with Crippen molar-refractivity contribution in [3.05, 3.63) is 59.5 Å². The van der Waals surface area contributed by atoms with Crippen molar-refractivity contribution in [3.63, 3.8) is 0 Å². The third-order valence-corrected chi connectivity index (χ3v) is 6.70. The topological polar surface area (TPSA) is 51.1 Å². The van der Waals surface area contributed by atoms with E-state index in [4.69, 9.17) is 0 Å². The van der Waals surface area contributed by atoms with Gasteiger partial charge in [-0.2, -0.15) is 0 Å². The summed E-state index contributed by atoms with van der Waals surface area (Å²) >= 11 is 0. The zero-order valence-electron chi connectivity index (χ0n) is 13.9. The normalized spacial score (nSPS) is 15.1. The molecular weight excluding hydrogens is 339 g/mol. The van der Waals surface area contributed by atoms with Gasteiger partial charge in [0.05, 0.1) is 9.79 Å². The monoisotopic (exact) mass is 358 g/mol. The Balaban J connectivity index is 1.89. The maximum absolute atomic E-state index is 13.1. The molecule has 2 aromatic carbocycles. The Hall–Kier alpha value is -2.18. The molecule has 0 amide bonds. The standard InChI is InChI=1S/C19H19FN2O2S/c1-22-18-7-6-15(25(23,24)14-4-2-13(20)3-5-14)12-17(18)16-8-10-21-11-9-19(16)22/h2-7,12,21H,8-11H2,1H3. The van der Waals surface area contributed by atoms with Gasteiger partial charge in [0.15, 0.2) is 0 Å². The van der Waals surface area contributed by atoms with Crippen LogP contribution < -0.4 is 5.32 Å². The summed E-state index contributed by atoms with van der Waals surface area (Å²) in [6.45, 7) is 1.82. The smallest absolute Gasteiger partial charge is 0.206 e. The number of nitrogens with one attached hydrogen (secondary N) is 1. The maximum Gasteiger partial charge on any atom is 0.206 e. The van der Waals surface area contributed by atoms with Crippen LogP contribution in [0.25, 0.3) is 10.9 Å². The first kappa shape index (κ1) is 16.3. The first-order chi connectivity index (χ1) is 12.0. The maximum atomic E-state index is 13.1. The zero-order valence-corrected chi connectivity index (χ0v) is 14.7. The van der Waals surface area contributed by atoms with Gasteiger partial charge >= 0.3 is 0 Å². The van der Waals surface area contributed by atoms with Crippen molar-refractivity contribution in [2.45, 2.75) is 22.6 Å². The summed E-state index contributed by atoms with van der Waals surface area (Å²) in [5.74, 6) is -0.449. The van der Waals surface area contributed by atoms with Crippen LogP contribution in [0.4, 0.5) is 4.39 Å². The number of hydrogen-bond donors (Lipinski definition) is 1. The minimum atomic E-state index is -3.67. The molecule has 1 aromatic heterocycles. The van der Waals surface area contributed by atoms with E-state index in [1.54, 1.807) is 12.1 Å². The molecule has 3 aromatic rings. The molecule has 1 aliphatic heterocycles. The van der Waals surface area contributed by atoms with Crippen LogP contribution in [-0.4, -0.2) is 26.1 Å². The summed E-state index contributed by atoms with van der Waals surface area (Å²) in [7, 11) is -1.64. The number of rotatable bonds is 2. The molecule has 0 saturated carbocycles. The first-order valence-corrected chi connectivity index (χ1v) is 9.78. The number of halogens is 1. The van der Waals surface area contributed by atoms with Gasteiger partial charge in [-0.1, -0.05) is 0 Å². The van der Waals surface area contributed by atoms with Crippen LogP contribution in [0.2, 0.25) is 0 Å². The summed E-state index contributed by atoms with van der Waals surface area (Å²) < 4.78 is 41.1. The fourth-order valence-electron chi connectivity index (χ4n) is 3.61. The minimum Gasteiger partial charge on any atom is -0.347 e. The van der Waals surface area contributed by atoms with Crippen molar-refractivity contribution >= 4 is 20.7 Å². The highest BCUT2D eigenvalue weighted by atomic mass is 32.2. The zero-order chi connectivity index (χ0) is 17.6. The van der Waals surface area contributed by atoms with Crippen LogP contribution >= 0.6 is 0 Å². The molecule has 25 heavy (non-hydrogen) atoms. The van der Waals surface area contributed by atoms with Gasteiger partial charge in [-0.15, -0.1) is 0 Å². The van der Waals surface area contributed by atoms with E-state index in [-0.39, 0.29) is 9.79 Å². The lowest BCUT2D eigenvalue weighted by Crippen LogP contribution is -2.17. The minimum absolute atomic E-state index is 0.108. The van der Waals surface area contributed by atoms with E-state index in [2.05, 4.69) is 9.88 Å². The molecule has 1 aliphatic rings. The van der Waals surface area contributed by atoms with E-state index in [9.17, 15) is 12.8 Å². The fraction of sp³-hybridized carbons (Fsp3) is 0.263. The lowest BCUT2D eigenvalue weighted by molar-refractivity contribution is 0.595. The first-order valence-electron chi connectivity index (χ1n) is 8.30. The number of fused-ring (bicyclic) bond motifs is 3. The van der Waals surface area contributed by atoms with Crippen LogP contribution in [-0.2, 0) is 29.7 Å². The number of aryl methyl sites for hydroxylation is 1. The van der Waals surface area contributed by atoms with Crippen molar-refractivity contribution in [2.75, 3.05) is 13.1 Å². The van der Waals surface area contributed by atoms with E-state index in [0.717, 1.165) is 36.8 Å². The molecular formula is C19H19FN2O2S. The van der Waals surface area contributed by atoms with E-state index in [0.29, 0.717) is 0 Å². The van der Waals surface area contributed by atoms with Gasteiger partial charge in [0.2, 0.25) is 9.84 Å². The second kappa shape index (κ2) is 5.97. The van der Waals surface area contributed by atoms with Gasteiger partial charge in [-0.3, -0.25) is 0 Å². The van der Waals surface area contributed by atoms with Crippen LogP contribution in [0.5, 0.6) is 0 Å². The van der Waals surface area contributed by atoms with Gasteiger partial charge in [-0.05, 0) is 61.0 Å². The van der Waals surface area contributed by atoms with Gasteiger partial charge in [0, 0.05) is 36.6 Å². The Bertz CT molecular complexity index is 1050. The lowest BCUT2D eigenvalue weighted by Gasteiger charge is -2.06. The average molecular weight is 358 g/mol. The predicted octanol–water partition coefficient (Wildman–Crippen LogP) is 2.84. The Kier molecular flexibility index (Phi) is 3.89.